The summed E-state index contributed by atoms with van der Waals surface area (Å²) in [4.78, 5) is 2.54. The lowest BCUT2D eigenvalue weighted by Crippen LogP contribution is -2.18. The van der Waals surface area contributed by atoms with Crippen LogP contribution >= 0.6 is 0 Å². The van der Waals surface area contributed by atoms with Gasteiger partial charge in [-0.3, -0.25) is 0 Å². The zero-order valence-corrected chi connectivity index (χ0v) is 34.0. The van der Waals surface area contributed by atoms with E-state index in [-0.39, 0.29) is 10.8 Å². The molecule has 9 aromatic rings. The van der Waals surface area contributed by atoms with Crippen molar-refractivity contribution in [3.05, 3.63) is 222 Å². The Labute approximate surface area is 347 Å². The maximum atomic E-state index is 2.54. The quantitative estimate of drug-likeness (QED) is 0.163. The van der Waals surface area contributed by atoms with Crippen LogP contribution < -0.4 is 4.90 Å². The largest absolute Gasteiger partial charge is 0.309 e. The second-order valence-corrected chi connectivity index (χ2v) is 17.2. The monoisotopic (exact) mass is 755 g/mol. The lowest BCUT2D eigenvalue weighted by atomic mass is 9.78. The first-order valence-corrected chi connectivity index (χ1v) is 20.9. The Hall–Kier alpha value is -6.96. The van der Waals surface area contributed by atoms with E-state index in [9.17, 15) is 0 Å². The molecular formula is C58H45N. The lowest BCUT2D eigenvalue weighted by molar-refractivity contribution is 0.660. The average Bonchev–Trinajstić information content (AvgIpc) is 3.66. The lowest BCUT2D eigenvalue weighted by Gasteiger charge is -2.32. The molecule has 0 unspecified atom stereocenters. The second kappa shape index (κ2) is 13.3. The SMILES string of the molecule is CC1(C)c2ccccc2-c2ccc(N(c3ccccc3-c3cccc4c3C(C)(C)c3ccccc3-4)c3ccccc3-c3cccc4cccc(-c5ccccc5)c34)cc21. The molecule has 0 bridgehead atoms. The molecule has 0 fully saturated rings. The Morgan fingerprint density at radius 3 is 1.46 bits per heavy atom. The summed E-state index contributed by atoms with van der Waals surface area (Å²) in [7, 11) is 0. The molecule has 1 nitrogen and oxygen atoms in total. The van der Waals surface area contributed by atoms with Crippen LogP contribution in [0.15, 0.2) is 200 Å². The summed E-state index contributed by atoms with van der Waals surface area (Å²) in [5.74, 6) is 0. The fraction of sp³-hybridized carbons (Fsp3) is 0.103. The van der Waals surface area contributed by atoms with E-state index in [0.717, 1.165) is 17.1 Å². The van der Waals surface area contributed by atoms with Gasteiger partial charge in [0, 0.05) is 27.6 Å². The van der Waals surface area contributed by atoms with Gasteiger partial charge in [0.2, 0.25) is 0 Å². The number of anilines is 3. The summed E-state index contributed by atoms with van der Waals surface area (Å²) < 4.78 is 0. The van der Waals surface area contributed by atoms with Crippen LogP contribution in [0.1, 0.15) is 49.9 Å². The van der Waals surface area contributed by atoms with Crippen molar-refractivity contribution in [1.82, 2.24) is 0 Å². The van der Waals surface area contributed by atoms with Gasteiger partial charge in [-0.1, -0.05) is 204 Å². The number of benzene rings is 9. The van der Waals surface area contributed by atoms with E-state index in [1.165, 1.54) is 88.7 Å². The molecular weight excluding hydrogens is 711 g/mol. The summed E-state index contributed by atoms with van der Waals surface area (Å²) in [6.07, 6.45) is 0. The Morgan fingerprint density at radius 1 is 0.322 bits per heavy atom. The predicted molar refractivity (Wildman–Crippen MR) is 250 cm³/mol. The molecule has 0 saturated heterocycles. The molecule has 2 aliphatic rings. The molecule has 0 spiro atoms. The molecule has 59 heavy (non-hydrogen) atoms. The van der Waals surface area contributed by atoms with Gasteiger partial charge in [-0.15, -0.1) is 0 Å². The summed E-state index contributed by atoms with van der Waals surface area (Å²) in [6, 6.07) is 74.4. The summed E-state index contributed by atoms with van der Waals surface area (Å²) >= 11 is 0. The highest BCUT2D eigenvalue weighted by Crippen LogP contribution is 2.56. The maximum Gasteiger partial charge on any atom is 0.0540 e. The van der Waals surface area contributed by atoms with Gasteiger partial charge in [0.15, 0.2) is 0 Å². The Morgan fingerprint density at radius 2 is 0.780 bits per heavy atom. The average molecular weight is 756 g/mol. The Kier molecular flexibility index (Phi) is 7.94. The van der Waals surface area contributed by atoms with Crippen molar-refractivity contribution in [2.24, 2.45) is 0 Å². The van der Waals surface area contributed by atoms with Gasteiger partial charge in [0.05, 0.1) is 11.4 Å². The van der Waals surface area contributed by atoms with Crippen LogP contribution in [0.25, 0.3) is 66.4 Å². The van der Waals surface area contributed by atoms with E-state index in [1.807, 2.05) is 0 Å². The van der Waals surface area contributed by atoms with Gasteiger partial charge in [-0.2, -0.15) is 0 Å². The van der Waals surface area contributed by atoms with Gasteiger partial charge < -0.3 is 4.90 Å². The minimum Gasteiger partial charge on any atom is -0.309 e. The number of rotatable bonds is 6. The van der Waals surface area contributed by atoms with Gasteiger partial charge in [0.25, 0.3) is 0 Å². The van der Waals surface area contributed by atoms with Crippen molar-refractivity contribution in [2.45, 2.75) is 38.5 Å². The molecule has 0 N–H and O–H groups in total. The summed E-state index contributed by atoms with van der Waals surface area (Å²) in [5.41, 5.74) is 21.2. The highest BCUT2D eigenvalue weighted by molar-refractivity contribution is 6.09. The molecule has 9 aromatic carbocycles. The highest BCUT2D eigenvalue weighted by atomic mass is 15.1. The first-order chi connectivity index (χ1) is 28.8. The zero-order chi connectivity index (χ0) is 39.9. The van der Waals surface area contributed by atoms with Crippen molar-refractivity contribution < 1.29 is 0 Å². The number of fused-ring (bicyclic) bond motifs is 7. The molecule has 2 aliphatic carbocycles. The van der Waals surface area contributed by atoms with Crippen molar-refractivity contribution in [3.63, 3.8) is 0 Å². The minimum absolute atomic E-state index is 0.150. The van der Waals surface area contributed by atoms with Gasteiger partial charge in [-0.25, -0.2) is 0 Å². The third kappa shape index (κ3) is 5.31. The maximum absolute atomic E-state index is 2.54. The predicted octanol–water partition coefficient (Wildman–Crippen LogP) is 15.9. The summed E-state index contributed by atoms with van der Waals surface area (Å²) in [6.45, 7) is 9.54. The van der Waals surface area contributed by atoms with Crippen LogP contribution in [-0.4, -0.2) is 0 Å². The van der Waals surface area contributed by atoms with Crippen LogP contribution in [0, 0.1) is 0 Å². The molecule has 0 aromatic heterocycles. The number of nitrogens with zero attached hydrogens (tertiary/aromatic N) is 1. The van der Waals surface area contributed by atoms with E-state index in [1.54, 1.807) is 0 Å². The molecule has 282 valence electrons. The summed E-state index contributed by atoms with van der Waals surface area (Å²) in [5, 5.41) is 2.48. The van der Waals surface area contributed by atoms with Crippen LogP contribution in [0.4, 0.5) is 17.1 Å². The second-order valence-electron chi connectivity index (χ2n) is 17.2. The van der Waals surface area contributed by atoms with Crippen LogP contribution in [0.5, 0.6) is 0 Å². The first-order valence-electron chi connectivity index (χ1n) is 20.9. The van der Waals surface area contributed by atoms with Crippen LogP contribution in [0.3, 0.4) is 0 Å². The molecule has 1 heteroatoms. The molecule has 0 heterocycles. The standard InChI is InChI=1S/C58H45N/c1-57(2)50-31-12-8-23-42(50)44-36-35-40(37-52(44)57)59(54-34-15-11-26-46(54)49-30-18-29-48-43-24-9-13-32-51(43)58(3,4)56(48)49)53-33-14-10-25-45(53)47-28-17-22-39-21-16-27-41(55(39)47)38-19-6-5-7-20-38/h5-37H,1-4H3. The van der Waals surface area contributed by atoms with Crippen molar-refractivity contribution in [2.75, 3.05) is 4.90 Å². The number of para-hydroxylation sites is 2. The van der Waals surface area contributed by atoms with Crippen LogP contribution in [-0.2, 0) is 10.8 Å². The van der Waals surface area contributed by atoms with E-state index in [4.69, 9.17) is 0 Å². The van der Waals surface area contributed by atoms with E-state index < -0.39 is 0 Å². The zero-order valence-electron chi connectivity index (χ0n) is 34.0. The van der Waals surface area contributed by atoms with E-state index in [2.05, 4.69) is 233 Å². The molecule has 0 amide bonds. The minimum atomic E-state index is -0.168. The normalized spacial score (nSPS) is 14.0. The van der Waals surface area contributed by atoms with Gasteiger partial charge in [0.1, 0.15) is 0 Å². The third-order valence-electron chi connectivity index (χ3n) is 13.3. The van der Waals surface area contributed by atoms with Crippen molar-refractivity contribution in [1.29, 1.82) is 0 Å². The number of hydrogen-bond acceptors (Lipinski definition) is 1. The van der Waals surface area contributed by atoms with Crippen molar-refractivity contribution in [3.8, 4) is 55.6 Å². The Bertz CT molecular complexity index is 3110. The number of hydrogen-bond donors (Lipinski definition) is 0. The Balaban J connectivity index is 1.19. The molecule has 0 atom stereocenters. The first kappa shape index (κ1) is 35.2. The van der Waals surface area contributed by atoms with Gasteiger partial charge >= 0.3 is 0 Å². The molecule has 0 radical (unpaired) electrons. The fourth-order valence-corrected chi connectivity index (χ4v) is 10.5. The molecule has 11 rings (SSSR count). The van der Waals surface area contributed by atoms with E-state index in [0.29, 0.717) is 0 Å². The smallest absolute Gasteiger partial charge is 0.0540 e. The van der Waals surface area contributed by atoms with Crippen molar-refractivity contribution >= 4 is 27.8 Å². The molecule has 0 aliphatic heterocycles. The topological polar surface area (TPSA) is 3.24 Å². The highest BCUT2D eigenvalue weighted by Gasteiger charge is 2.39. The van der Waals surface area contributed by atoms with E-state index >= 15 is 0 Å². The third-order valence-corrected chi connectivity index (χ3v) is 13.3. The van der Waals surface area contributed by atoms with Gasteiger partial charge in [-0.05, 0) is 102 Å². The fourth-order valence-electron chi connectivity index (χ4n) is 10.5. The molecule has 0 saturated carbocycles. The van der Waals surface area contributed by atoms with Crippen LogP contribution in [0.2, 0.25) is 0 Å².